The van der Waals surface area contributed by atoms with E-state index in [4.69, 9.17) is 0 Å². The highest BCUT2D eigenvalue weighted by Crippen LogP contribution is 2.47. The Morgan fingerprint density at radius 1 is 1.50 bits per heavy atom. The van der Waals surface area contributed by atoms with Gasteiger partial charge in [0.2, 0.25) is 0 Å². The first-order chi connectivity index (χ1) is 9.51. The number of nitrogens with zero attached hydrogens (tertiary/aromatic N) is 1. The Labute approximate surface area is 121 Å². The van der Waals surface area contributed by atoms with Crippen LogP contribution in [0.3, 0.4) is 0 Å². The number of carbonyl (C=O) groups is 1. The minimum atomic E-state index is -0.465. The van der Waals surface area contributed by atoms with Gasteiger partial charge in [0.15, 0.2) is 0 Å². The first kappa shape index (κ1) is 14.6. The van der Waals surface area contributed by atoms with Gasteiger partial charge in [-0.2, -0.15) is 11.8 Å². The van der Waals surface area contributed by atoms with Gasteiger partial charge in [0.25, 0.3) is 11.6 Å². The molecule has 1 aromatic carbocycles. The van der Waals surface area contributed by atoms with E-state index in [0.717, 1.165) is 12.8 Å². The van der Waals surface area contributed by atoms with Crippen LogP contribution in [-0.4, -0.2) is 35.4 Å². The van der Waals surface area contributed by atoms with Crippen molar-refractivity contribution in [1.82, 2.24) is 5.32 Å². The highest BCUT2D eigenvalue weighted by Gasteiger charge is 2.41. The molecule has 1 fully saturated rings. The molecule has 1 amide bonds. The van der Waals surface area contributed by atoms with Gasteiger partial charge in [0.05, 0.1) is 4.92 Å². The molecule has 0 aromatic heterocycles. The third-order valence-electron chi connectivity index (χ3n) is 3.53. The first-order valence-electron chi connectivity index (χ1n) is 6.31. The van der Waals surface area contributed by atoms with Crippen LogP contribution in [0.5, 0.6) is 0 Å². The van der Waals surface area contributed by atoms with E-state index in [1.165, 1.54) is 13.1 Å². The van der Waals surface area contributed by atoms with Crippen molar-refractivity contribution in [2.75, 3.05) is 25.2 Å². The number of hydrogen-bond acceptors (Lipinski definition) is 5. The van der Waals surface area contributed by atoms with Gasteiger partial charge in [0, 0.05) is 30.0 Å². The topological polar surface area (TPSA) is 84.3 Å². The predicted molar refractivity (Wildman–Crippen MR) is 80.5 cm³/mol. The fourth-order valence-corrected chi connectivity index (χ4v) is 2.69. The average molecular weight is 295 g/mol. The average Bonchev–Trinajstić information content (AvgIpc) is 3.24. The molecule has 1 aliphatic rings. The van der Waals surface area contributed by atoms with Crippen LogP contribution in [-0.2, 0) is 0 Å². The zero-order valence-electron chi connectivity index (χ0n) is 11.4. The van der Waals surface area contributed by atoms with E-state index in [-0.39, 0.29) is 21.9 Å². The molecule has 0 saturated heterocycles. The standard InChI is InChI=1S/C13H17N3O3S/c1-14-12(17)9-3-4-10(11(7-9)16(18)19)15-8-13(20-2)5-6-13/h3-4,7,15H,5-6,8H2,1-2H3,(H,14,17). The monoisotopic (exact) mass is 295 g/mol. The van der Waals surface area contributed by atoms with Gasteiger partial charge < -0.3 is 10.6 Å². The molecular formula is C13H17N3O3S. The largest absolute Gasteiger partial charge is 0.378 e. The number of amides is 1. The fraction of sp³-hybridized carbons (Fsp3) is 0.462. The SMILES string of the molecule is CNC(=O)c1ccc(NCC2(SC)CC2)c([N+](=O)[O-])c1. The van der Waals surface area contributed by atoms with Crippen LogP contribution >= 0.6 is 11.8 Å². The Morgan fingerprint density at radius 2 is 2.20 bits per heavy atom. The molecule has 0 atom stereocenters. The molecule has 20 heavy (non-hydrogen) atoms. The van der Waals surface area contributed by atoms with Crippen molar-refractivity contribution in [3.8, 4) is 0 Å². The van der Waals surface area contributed by atoms with Crippen LogP contribution in [0.2, 0.25) is 0 Å². The van der Waals surface area contributed by atoms with E-state index in [9.17, 15) is 14.9 Å². The van der Waals surface area contributed by atoms with Gasteiger partial charge in [0.1, 0.15) is 5.69 Å². The van der Waals surface area contributed by atoms with Crippen molar-refractivity contribution in [3.05, 3.63) is 33.9 Å². The third kappa shape index (κ3) is 3.04. The Bertz CT molecular complexity index is 544. The number of nitrogens with one attached hydrogen (secondary N) is 2. The lowest BCUT2D eigenvalue weighted by Crippen LogP contribution is -2.20. The molecule has 0 aliphatic heterocycles. The van der Waals surface area contributed by atoms with Crippen LogP contribution in [0.4, 0.5) is 11.4 Å². The molecule has 0 spiro atoms. The Kier molecular flexibility index (Phi) is 4.17. The van der Waals surface area contributed by atoms with Crippen molar-refractivity contribution in [2.24, 2.45) is 0 Å². The lowest BCUT2D eigenvalue weighted by Gasteiger charge is -2.14. The zero-order chi connectivity index (χ0) is 14.8. The number of thioether (sulfide) groups is 1. The molecule has 2 N–H and O–H groups in total. The highest BCUT2D eigenvalue weighted by molar-refractivity contribution is 8.00. The van der Waals surface area contributed by atoms with E-state index in [1.54, 1.807) is 23.9 Å². The van der Waals surface area contributed by atoms with Crippen molar-refractivity contribution < 1.29 is 9.72 Å². The summed E-state index contributed by atoms with van der Waals surface area (Å²) in [4.78, 5) is 22.2. The number of carbonyl (C=O) groups excluding carboxylic acids is 1. The summed E-state index contributed by atoms with van der Waals surface area (Å²) >= 11 is 1.79. The summed E-state index contributed by atoms with van der Waals surface area (Å²) in [5.74, 6) is -0.331. The van der Waals surface area contributed by atoms with Crippen molar-refractivity contribution in [1.29, 1.82) is 0 Å². The Morgan fingerprint density at radius 3 is 2.70 bits per heavy atom. The molecule has 1 saturated carbocycles. The molecule has 0 radical (unpaired) electrons. The fourth-order valence-electron chi connectivity index (χ4n) is 1.97. The lowest BCUT2D eigenvalue weighted by atomic mass is 10.1. The molecular weight excluding hydrogens is 278 g/mol. The Balaban J connectivity index is 2.19. The van der Waals surface area contributed by atoms with Gasteiger partial charge in [-0.1, -0.05) is 0 Å². The summed E-state index contributed by atoms with van der Waals surface area (Å²) in [5, 5.41) is 16.7. The summed E-state index contributed by atoms with van der Waals surface area (Å²) in [7, 11) is 1.50. The molecule has 6 nitrogen and oxygen atoms in total. The summed E-state index contributed by atoms with van der Waals surface area (Å²) < 4.78 is 0.216. The predicted octanol–water partition coefficient (Wildman–Crippen LogP) is 2.26. The number of nitro benzene ring substituents is 1. The molecule has 108 valence electrons. The van der Waals surface area contributed by atoms with Crippen LogP contribution in [0.15, 0.2) is 18.2 Å². The molecule has 0 unspecified atom stereocenters. The maximum absolute atomic E-state index is 11.5. The zero-order valence-corrected chi connectivity index (χ0v) is 12.3. The molecule has 0 heterocycles. The smallest absolute Gasteiger partial charge is 0.293 e. The maximum atomic E-state index is 11.5. The summed E-state index contributed by atoms with van der Waals surface area (Å²) in [6, 6.07) is 4.49. The van der Waals surface area contributed by atoms with E-state index < -0.39 is 4.92 Å². The highest BCUT2D eigenvalue weighted by atomic mass is 32.2. The first-order valence-corrected chi connectivity index (χ1v) is 7.53. The van der Waals surface area contributed by atoms with Crippen molar-refractivity contribution >= 4 is 29.0 Å². The lowest BCUT2D eigenvalue weighted by molar-refractivity contribution is -0.384. The molecule has 0 bridgehead atoms. The number of anilines is 1. The van der Waals surface area contributed by atoms with E-state index in [1.807, 2.05) is 0 Å². The molecule has 1 aliphatic carbocycles. The number of rotatable bonds is 6. The van der Waals surface area contributed by atoms with Gasteiger partial charge >= 0.3 is 0 Å². The molecule has 7 heteroatoms. The Hall–Kier alpha value is -1.76. The van der Waals surface area contributed by atoms with Crippen molar-refractivity contribution in [3.63, 3.8) is 0 Å². The quantitative estimate of drug-likeness (QED) is 0.621. The second-order valence-electron chi connectivity index (χ2n) is 4.81. The van der Waals surface area contributed by atoms with Crippen LogP contribution < -0.4 is 10.6 Å². The van der Waals surface area contributed by atoms with Crippen LogP contribution in [0.1, 0.15) is 23.2 Å². The minimum absolute atomic E-state index is 0.0667. The summed E-state index contributed by atoms with van der Waals surface area (Å²) in [6.07, 6.45) is 4.31. The number of hydrogen-bond donors (Lipinski definition) is 2. The van der Waals surface area contributed by atoms with Crippen LogP contribution in [0.25, 0.3) is 0 Å². The van der Waals surface area contributed by atoms with Gasteiger partial charge in [-0.25, -0.2) is 0 Å². The summed E-state index contributed by atoms with van der Waals surface area (Å²) in [6.45, 7) is 0.703. The van der Waals surface area contributed by atoms with E-state index >= 15 is 0 Å². The number of nitro groups is 1. The molecule has 1 aromatic rings. The van der Waals surface area contributed by atoms with Gasteiger partial charge in [-0.05, 0) is 31.2 Å². The minimum Gasteiger partial charge on any atom is -0.378 e. The molecule has 2 rings (SSSR count). The maximum Gasteiger partial charge on any atom is 0.293 e. The van der Waals surface area contributed by atoms with Gasteiger partial charge in [-0.3, -0.25) is 14.9 Å². The van der Waals surface area contributed by atoms with E-state index in [0.29, 0.717) is 12.2 Å². The second-order valence-corrected chi connectivity index (χ2v) is 6.08. The van der Waals surface area contributed by atoms with Crippen LogP contribution in [0, 0.1) is 10.1 Å². The second kappa shape index (κ2) is 5.70. The summed E-state index contributed by atoms with van der Waals surface area (Å²) in [5.41, 5.74) is 0.682. The number of benzene rings is 1. The third-order valence-corrected chi connectivity index (χ3v) is 4.94. The van der Waals surface area contributed by atoms with E-state index in [2.05, 4.69) is 16.9 Å². The normalized spacial score (nSPS) is 15.5. The van der Waals surface area contributed by atoms with Gasteiger partial charge in [-0.15, -0.1) is 0 Å². The van der Waals surface area contributed by atoms with Crippen molar-refractivity contribution in [2.45, 2.75) is 17.6 Å².